The SMILES string of the molecule is N.Oc1ncc2nccnc2n1. The molecule has 0 amide bonds. The minimum absolute atomic E-state index is 0. The number of rotatable bonds is 0. The zero-order valence-corrected chi connectivity index (χ0v) is 6.18. The Morgan fingerprint density at radius 3 is 2.67 bits per heavy atom. The minimum atomic E-state index is -0.280. The molecule has 0 aliphatic heterocycles. The Balaban J connectivity index is 0.000000720. The van der Waals surface area contributed by atoms with Crippen molar-refractivity contribution in [2.45, 2.75) is 0 Å². The van der Waals surface area contributed by atoms with Crippen molar-refractivity contribution in [2.75, 3.05) is 0 Å². The third kappa shape index (κ3) is 1.28. The minimum Gasteiger partial charge on any atom is -0.479 e. The Bertz CT molecular complexity index is 390. The Hall–Kier alpha value is -1.82. The second kappa shape index (κ2) is 3.05. The van der Waals surface area contributed by atoms with Crippen molar-refractivity contribution in [2.24, 2.45) is 0 Å². The van der Waals surface area contributed by atoms with Crippen LogP contribution in [0.5, 0.6) is 6.01 Å². The fourth-order valence-corrected chi connectivity index (χ4v) is 0.761. The molecule has 0 saturated heterocycles. The van der Waals surface area contributed by atoms with Crippen molar-refractivity contribution in [3.05, 3.63) is 18.6 Å². The van der Waals surface area contributed by atoms with Crippen LogP contribution in [0.15, 0.2) is 18.6 Å². The van der Waals surface area contributed by atoms with Crippen molar-refractivity contribution in [1.82, 2.24) is 26.1 Å². The lowest BCUT2D eigenvalue weighted by atomic mass is 10.5. The van der Waals surface area contributed by atoms with Gasteiger partial charge in [0.2, 0.25) is 0 Å². The summed E-state index contributed by atoms with van der Waals surface area (Å²) in [5.74, 6) is 0. The third-order valence-electron chi connectivity index (χ3n) is 1.21. The average Bonchev–Trinajstić information content (AvgIpc) is 2.04. The quantitative estimate of drug-likeness (QED) is 0.580. The van der Waals surface area contributed by atoms with Gasteiger partial charge in [-0.3, -0.25) is 0 Å². The first kappa shape index (κ1) is 8.28. The third-order valence-corrected chi connectivity index (χ3v) is 1.21. The van der Waals surface area contributed by atoms with Gasteiger partial charge in [0, 0.05) is 12.4 Å². The molecule has 0 fully saturated rings. The van der Waals surface area contributed by atoms with Crippen molar-refractivity contribution in [1.29, 1.82) is 0 Å². The maximum absolute atomic E-state index is 8.84. The van der Waals surface area contributed by atoms with Gasteiger partial charge in [-0.2, -0.15) is 4.98 Å². The van der Waals surface area contributed by atoms with Crippen molar-refractivity contribution in [3.63, 3.8) is 0 Å². The van der Waals surface area contributed by atoms with Gasteiger partial charge in [0.05, 0.1) is 6.20 Å². The van der Waals surface area contributed by atoms with E-state index in [4.69, 9.17) is 5.11 Å². The molecule has 62 valence electrons. The smallest absolute Gasteiger partial charge is 0.316 e. The lowest BCUT2D eigenvalue weighted by Crippen LogP contribution is -1.87. The molecule has 6 heteroatoms. The van der Waals surface area contributed by atoms with E-state index >= 15 is 0 Å². The van der Waals surface area contributed by atoms with E-state index in [1.54, 1.807) is 6.20 Å². The van der Waals surface area contributed by atoms with Gasteiger partial charge in [-0.1, -0.05) is 0 Å². The van der Waals surface area contributed by atoms with Crippen LogP contribution in [0.25, 0.3) is 11.2 Å². The molecule has 2 aromatic rings. The summed E-state index contributed by atoms with van der Waals surface area (Å²) in [5, 5.41) is 8.84. The number of nitrogens with zero attached hydrogens (tertiary/aromatic N) is 4. The van der Waals surface area contributed by atoms with E-state index in [0.29, 0.717) is 11.2 Å². The summed E-state index contributed by atoms with van der Waals surface area (Å²) >= 11 is 0. The first-order valence-electron chi connectivity index (χ1n) is 2.99. The number of hydrogen-bond acceptors (Lipinski definition) is 6. The second-order valence-electron chi connectivity index (χ2n) is 1.94. The summed E-state index contributed by atoms with van der Waals surface area (Å²) in [6.45, 7) is 0. The molecule has 12 heavy (non-hydrogen) atoms. The highest BCUT2D eigenvalue weighted by Gasteiger charge is 1.97. The van der Waals surface area contributed by atoms with E-state index in [2.05, 4.69) is 19.9 Å². The molecular weight excluding hydrogens is 158 g/mol. The highest BCUT2D eigenvalue weighted by molar-refractivity contribution is 5.67. The molecule has 0 unspecified atom stereocenters. The molecule has 2 rings (SSSR count). The van der Waals surface area contributed by atoms with E-state index in [9.17, 15) is 0 Å². The van der Waals surface area contributed by atoms with Crippen LogP contribution in [0.3, 0.4) is 0 Å². The molecule has 4 N–H and O–H groups in total. The topological polar surface area (TPSA) is 107 Å². The van der Waals surface area contributed by atoms with E-state index in [1.165, 1.54) is 12.4 Å². The van der Waals surface area contributed by atoms with Crippen LogP contribution in [-0.4, -0.2) is 25.0 Å². The van der Waals surface area contributed by atoms with Crippen molar-refractivity contribution in [3.8, 4) is 6.01 Å². The predicted octanol–water partition coefficient (Wildman–Crippen LogP) is 0.287. The second-order valence-corrected chi connectivity index (χ2v) is 1.94. The zero-order valence-electron chi connectivity index (χ0n) is 6.18. The summed E-state index contributed by atoms with van der Waals surface area (Å²) in [6, 6.07) is -0.280. The molecule has 0 spiro atoms. The van der Waals surface area contributed by atoms with Crippen molar-refractivity contribution < 1.29 is 5.11 Å². The normalized spacial score (nSPS) is 9.33. The monoisotopic (exact) mass is 165 g/mol. The summed E-state index contributed by atoms with van der Waals surface area (Å²) in [7, 11) is 0. The summed E-state index contributed by atoms with van der Waals surface area (Å²) < 4.78 is 0. The van der Waals surface area contributed by atoms with Crippen molar-refractivity contribution >= 4 is 11.2 Å². The molecular formula is C6H7N5O. The summed E-state index contributed by atoms with van der Waals surface area (Å²) in [4.78, 5) is 15.0. The van der Waals surface area contributed by atoms with E-state index in [1.807, 2.05) is 0 Å². The molecule has 0 radical (unpaired) electrons. The van der Waals surface area contributed by atoms with Gasteiger partial charge in [0.15, 0.2) is 5.65 Å². The van der Waals surface area contributed by atoms with Crippen LogP contribution in [-0.2, 0) is 0 Å². The van der Waals surface area contributed by atoms with Gasteiger partial charge in [-0.15, -0.1) is 0 Å². The zero-order chi connectivity index (χ0) is 7.68. The molecule has 0 saturated carbocycles. The molecule has 0 aliphatic rings. The predicted molar refractivity (Wildman–Crippen MR) is 41.8 cm³/mol. The summed E-state index contributed by atoms with van der Waals surface area (Å²) in [6.07, 6.45) is 4.47. The van der Waals surface area contributed by atoms with E-state index < -0.39 is 0 Å². The van der Waals surface area contributed by atoms with Crippen LogP contribution in [0.1, 0.15) is 0 Å². The number of aromatic hydroxyl groups is 1. The lowest BCUT2D eigenvalue weighted by molar-refractivity contribution is 0.432. The van der Waals surface area contributed by atoms with Gasteiger partial charge in [-0.25, -0.2) is 15.0 Å². The van der Waals surface area contributed by atoms with E-state index in [0.717, 1.165) is 0 Å². The fourth-order valence-electron chi connectivity index (χ4n) is 0.761. The largest absolute Gasteiger partial charge is 0.479 e. The van der Waals surface area contributed by atoms with Crippen LogP contribution >= 0.6 is 0 Å². The molecule has 2 heterocycles. The van der Waals surface area contributed by atoms with Crippen LogP contribution in [0, 0.1) is 0 Å². The molecule has 0 aliphatic carbocycles. The Labute approximate surface area is 67.9 Å². The number of hydrogen-bond donors (Lipinski definition) is 2. The summed E-state index contributed by atoms with van der Waals surface area (Å²) in [5.41, 5.74) is 0.977. The first-order valence-corrected chi connectivity index (χ1v) is 2.99. The van der Waals surface area contributed by atoms with Gasteiger partial charge in [0.25, 0.3) is 0 Å². The van der Waals surface area contributed by atoms with Gasteiger partial charge >= 0.3 is 6.01 Å². The van der Waals surface area contributed by atoms with Crippen LogP contribution < -0.4 is 6.15 Å². The average molecular weight is 165 g/mol. The molecule has 0 bridgehead atoms. The van der Waals surface area contributed by atoms with Gasteiger partial charge < -0.3 is 11.3 Å². The number of fused-ring (bicyclic) bond motifs is 1. The molecule has 6 nitrogen and oxygen atoms in total. The van der Waals surface area contributed by atoms with Crippen LogP contribution in [0.2, 0.25) is 0 Å². The number of aromatic nitrogens is 4. The Morgan fingerprint density at radius 1 is 1.08 bits per heavy atom. The molecule has 0 aromatic carbocycles. The highest BCUT2D eigenvalue weighted by atomic mass is 16.3. The Kier molecular flexibility index (Phi) is 2.11. The standard InChI is InChI=1S/C6H4N4O.H3N/c11-6-9-3-4-5(10-6)8-2-1-7-4;/h1-3H,(H,8,9,10,11);1H3. The molecule has 2 aromatic heterocycles. The first-order chi connectivity index (χ1) is 5.36. The lowest BCUT2D eigenvalue weighted by Gasteiger charge is -1.92. The fraction of sp³-hybridized carbons (Fsp3) is 0. The Morgan fingerprint density at radius 2 is 1.83 bits per heavy atom. The molecule has 0 atom stereocenters. The maximum atomic E-state index is 8.84. The van der Waals surface area contributed by atoms with Gasteiger partial charge in [-0.05, 0) is 0 Å². The highest BCUT2D eigenvalue weighted by Crippen LogP contribution is 2.05. The van der Waals surface area contributed by atoms with Crippen LogP contribution in [0.4, 0.5) is 0 Å². The van der Waals surface area contributed by atoms with Gasteiger partial charge in [0.1, 0.15) is 5.52 Å². The maximum Gasteiger partial charge on any atom is 0.316 e. The van der Waals surface area contributed by atoms with E-state index in [-0.39, 0.29) is 12.2 Å².